The van der Waals surface area contributed by atoms with E-state index in [4.69, 9.17) is 4.98 Å². The molecular formula is C16H28N4S. The van der Waals surface area contributed by atoms with Crippen LogP contribution in [0.4, 0.5) is 5.13 Å². The van der Waals surface area contributed by atoms with E-state index in [1.54, 1.807) is 0 Å². The van der Waals surface area contributed by atoms with Crippen molar-refractivity contribution < 1.29 is 0 Å². The molecule has 1 aliphatic carbocycles. The van der Waals surface area contributed by atoms with Crippen LogP contribution in [0.5, 0.6) is 0 Å². The van der Waals surface area contributed by atoms with Gasteiger partial charge in [-0.2, -0.15) is 0 Å². The summed E-state index contributed by atoms with van der Waals surface area (Å²) in [6.07, 6.45) is 2.84. The van der Waals surface area contributed by atoms with Gasteiger partial charge in [0.05, 0.1) is 5.69 Å². The maximum absolute atomic E-state index is 4.80. The monoisotopic (exact) mass is 308 g/mol. The fourth-order valence-electron chi connectivity index (χ4n) is 2.90. The van der Waals surface area contributed by atoms with Crippen molar-refractivity contribution in [2.45, 2.75) is 46.2 Å². The third kappa shape index (κ3) is 3.96. The first-order valence-electron chi connectivity index (χ1n) is 8.29. The molecule has 21 heavy (non-hydrogen) atoms. The molecule has 2 heterocycles. The number of hydrogen-bond donors (Lipinski definition) is 1. The second-order valence-corrected chi connectivity index (χ2v) is 7.85. The molecule has 1 N–H and O–H groups in total. The molecular weight excluding hydrogens is 280 g/mol. The highest BCUT2D eigenvalue weighted by Crippen LogP contribution is 2.30. The van der Waals surface area contributed by atoms with E-state index in [0.29, 0.717) is 5.92 Å². The summed E-state index contributed by atoms with van der Waals surface area (Å²) in [5.41, 5.74) is 1.20. The third-order valence-electron chi connectivity index (χ3n) is 4.37. The highest BCUT2D eigenvalue weighted by molar-refractivity contribution is 7.15. The molecule has 118 valence electrons. The van der Waals surface area contributed by atoms with Crippen LogP contribution in [-0.2, 0) is 6.54 Å². The zero-order valence-corrected chi connectivity index (χ0v) is 14.4. The van der Waals surface area contributed by atoms with Crippen molar-refractivity contribution in [1.82, 2.24) is 15.2 Å². The first kappa shape index (κ1) is 15.3. The van der Waals surface area contributed by atoms with Crippen LogP contribution < -0.4 is 10.2 Å². The molecule has 2 fully saturated rings. The molecule has 1 saturated carbocycles. The molecule has 1 saturated heterocycles. The fraction of sp³-hybridized carbons (Fsp3) is 0.812. The Morgan fingerprint density at radius 1 is 1.24 bits per heavy atom. The van der Waals surface area contributed by atoms with Crippen molar-refractivity contribution in [3.8, 4) is 0 Å². The quantitative estimate of drug-likeness (QED) is 0.875. The van der Waals surface area contributed by atoms with Gasteiger partial charge in [0.25, 0.3) is 0 Å². The van der Waals surface area contributed by atoms with Crippen molar-refractivity contribution in [2.24, 2.45) is 5.92 Å². The number of nitrogens with one attached hydrogen (secondary N) is 1. The average molecular weight is 308 g/mol. The average Bonchev–Trinajstić information content (AvgIpc) is 3.24. The lowest BCUT2D eigenvalue weighted by Crippen LogP contribution is -2.47. The minimum absolute atomic E-state index is 0.702. The van der Waals surface area contributed by atoms with Gasteiger partial charge in [-0.1, -0.05) is 13.8 Å². The van der Waals surface area contributed by atoms with Crippen LogP contribution >= 0.6 is 11.3 Å². The van der Waals surface area contributed by atoms with Gasteiger partial charge in [0.1, 0.15) is 0 Å². The molecule has 5 heteroatoms. The van der Waals surface area contributed by atoms with Crippen molar-refractivity contribution in [1.29, 1.82) is 0 Å². The zero-order valence-electron chi connectivity index (χ0n) is 13.6. The summed E-state index contributed by atoms with van der Waals surface area (Å²) in [5.74, 6) is 0.702. The first-order chi connectivity index (χ1) is 10.1. The molecule has 0 aromatic carbocycles. The van der Waals surface area contributed by atoms with Gasteiger partial charge >= 0.3 is 0 Å². The van der Waals surface area contributed by atoms with Crippen molar-refractivity contribution in [3.05, 3.63) is 10.6 Å². The molecule has 4 nitrogen and oxygen atoms in total. The summed E-state index contributed by atoms with van der Waals surface area (Å²) in [7, 11) is 0. The van der Waals surface area contributed by atoms with E-state index < -0.39 is 0 Å². The van der Waals surface area contributed by atoms with Crippen LogP contribution in [0.2, 0.25) is 0 Å². The lowest BCUT2D eigenvalue weighted by Gasteiger charge is -2.34. The molecule has 3 rings (SSSR count). The topological polar surface area (TPSA) is 31.4 Å². The number of nitrogens with zero attached hydrogens (tertiary/aromatic N) is 3. The Morgan fingerprint density at radius 3 is 2.57 bits per heavy atom. The van der Waals surface area contributed by atoms with Gasteiger partial charge in [-0.05, 0) is 32.2 Å². The first-order valence-corrected chi connectivity index (χ1v) is 9.11. The SMILES string of the molecule is Cc1nc(N2CCN(C3CC3)CC2)sc1CNCC(C)C. The van der Waals surface area contributed by atoms with E-state index in [1.165, 1.54) is 41.6 Å². The predicted octanol–water partition coefficient (Wildman–Crippen LogP) is 2.48. The largest absolute Gasteiger partial charge is 0.346 e. The van der Waals surface area contributed by atoms with E-state index in [2.05, 4.69) is 35.9 Å². The van der Waals surface area contributed by atoms with Crippen LogP contribution in [0.15, 0.2) is 0 Å². The van der Waals surface area contributed by atoms with Crippen LogP contribution in [0, 0.1) is 12.8 Å². The van der Waals surface area contributed by atoms with Gasteiger partial charge in [0.2, 0.25) is 0 Å². The van der Waals surface area contributed by atoms with Crippen molar-refractivity contribution in [2.75, 3.05) is 37.6 Å². The summed E-state index contributed by atoms with van der Waals surface area (Å²) >= 11 is 1.88. The Bertz CT molecular complexity index is 459. The smallest absolute Gasteiger partial charge is 0.185 e. The summed E-state index contributed by atoms with van der Waals surface area (Å²) in [5, 5.41) is 4.76. The summed E-state index contributed by atoms with van der Waals surface area (Å²) < 4.78 is 0. The summed E-state index contributed by atoms with van der Waals surface area (Å²) in [6.45, 7) is 13.4. The Hall–Kier alpha value is -0.650. The maximum Gasteiger partial charge on any atom is 0.185 e. The van der Waals surface area contributed by atoms with Gasteiger partial charge in [-0.15, -0.1) is 11.3 Å². The Balaban J connectivity index is 1.53. The highest BCUT2D eigenvalue weighted by Gasteiger charge is 2.31. The fourth-order valence-corrected chi connectivity index (χ4v) is 3.99. The second-order valence-electron chi connectivity index (χ2n) is 6.78. The molecule has 0 atom stereocenters. The molecule has 0 amide bonds. The number of rotatable bonds is 6. The molecule has 1 aromatic rings. The van der Waals surface area contributed by atoms with Crippen LogP contribution in [0.25, 0.3) is 0 Å². The standard InChI is InChI=1S/C16H28N4S/c1-12(2)10-17-11-15-13(3)18-16(21-15)20-8-6-19(7-9-20)14-4-5-14/h12,14,17H,4-11H2,1-3H3. The van der Waals surface area contributed by atoms with E-state index in [-0.39, 0.29) is 0 Å². The Kier molecular flexibility index (Phi) is 4.82. The van der Waals surface area contributed by atoms with Gasteiger partial charge < -0.3 is 10.2 Å². The Labute approximate surface area is 132 Å². The summed E-state index contributed by atoms with van der Waals surface area (Å²) in [6, 6.07) is 0.904. The highest BCUT2D eigenvalue weighted by atomic mass is 32.1. The second kappa shape index (κ2) is 6.63. The lowest BCUT2D eigenvalue weighted by atomic mass is 10.2. The number of anilines is 1. The summed E-state index contributed by atoms with van der Waals surface area (Å²) in [4.78, 5) is 11.3. The number of hydrogen-bond acceptors (Lipinski definition) is 5. The molecule has 1 aromatic heterocycles. The molecule has 0 spiro atoms. The van der Waals surface area contributed by atoms with Crippen molar-refractivity contribution >= 4 is 16.5 Å². The van der Waals surface area contributed by atoms with Crippen LogP contribution in [-0.4, -0.2) is 48.6 Å². The van der Waals surface area contributed by atoms with Gasteiger partial charge in [-0.3, -0.25) is 4.90 Å². The maximum atomic E-state index is 4.80. The van der Waals surface area contributed by atoms with Crippen LogP contribution in [0.3, 0.4) is 0 Å². The number of aryl methyl sites for hydroxylation is 1. The number of thiazole rings is 1. The van der Waals surface area contributed by atoms with E-state index in [9.17, 15) is 0 Å². The minimum atomic E-state index is 0.702. The lowest BCUT2D eigenvalue weighted by molar-refractivity contribution is 0.248. The van der Waals surface area contributed by atoms with Gasteiger partial charge in [0.15, 0.2) is 5.13 Å². The zero-order chi connectivity index (χ0) is 14.8. The molecule has 0 bridgehead atoms. The van der Waals surface area contributed by atoms with Crippen LogP contribution in [0.1, 0.15) is 37.3 Å². The van der Waals surface area contributed by atoms with E-state index in [1.807, 2.05) is 11.3 Å². The molecule has 0 unspecified atom stereocenters. The molecule has 2 aliphatic rings. The third-order valence-corrected chi connectivity index (χ3v) is 5.59. The van der Waals surface area contributed by atoms with Crippen molar-refractivity contribution in [3.63, 3.8) is 0 Å². The number of aromatic nitrogens is 1. The molecule has 1 aliphatic heterocycles. The van der Waals surface area contributed by atoms with E-state index in [0.717, 1.165) is 32.2 Å². The minimum Gasteiger partial charge on any atom is -0.346 e. The van der Waals surface area contributed by atoms with Gasteiger partial charge in [0, 0.05) is 43.6 Å². The predicted molar refractivity (Wildman–Crippen MR) is 90.2 cm³/mol. The van der Waals surface area contributed by atoms with E-state index >= 15 is 0 Å². The number of piperazine rings is 1. The normalized spacial score (nSPS) is 20.5. The molecule has 0 radical (unpaired) electrons. The Morgan fingerprint density at radius 2 is 1.95 bits per heavy atom. The van der Waals surface area contributed by atoms with Gasteiger partial charge in [-0.25, -0.2) is 4.98 Å².